The van der Waals surface area contributed by atoms with Gasteiger partial charge in [0.15, 0.2) is 0 Å². The van der Waals surface area contributed by atoms with Gasteiger partial charge >= 0.3 is 5.97 Å². The molecule has 4 N–H and O–H groups in total. The van der Waals surface area contributed by atoms with Crippen LogP contribution in [0.25, 0.3) is 21.8 Å². The van der Waals surface area contributed by atoms with Gasteiger partial charge in [-0.1, -0.05) is 42.5 Å². The Bertz CT molecular complexity index is 1860. The smallest absolute Gasteiger partial charge is 0.355 e. The summed E-state index contributed by atoms with van der Waals surface area (Å²) < 4.78 is 36.8. The third kappa shape index (κ3) is 6.30. The SMILES string of the molecule is CNCCOC(=O)c1cc2ccc(CN)nc2n1Cc1cc(NS(=O)(=O)Cc2c(C)cccc2C)cc2ccccc12. The zero-order valence-corrected chi connectivity index (χ0v) is 24.8. The van der Waals surface area contributed by atoms with Crippen molar-refractivity contribution in [2.75, 3.05) is 24.9 Å². The fraction of sp³-hybridized carbons (Fsp3) is 0.250. The fourth-order valence-electron chi connectivity index (χ4n) is 5.16. The number of esters is 1. The molecule has 2 aromatic heterocycles. The van der Waals surface area contributed by atoms with Crippen LogP contribution < -0.4 is 15.8 Å². The van der Waals surface area contributed by atoms with Crippen LogP contribution in [-0.2, 0) is 33.6 Å². The molecule has 0 fully saturated rings. The molecule has 0 saturated carbocycles. The minimum Gasteiger partial charge on any atom is -0.460 e. The molecule has 42 heavy (non-hydrogen) atoms. The number of fused-ring (bicyclic) bond motifs is 2. The maximum atomic E-state index is 13.3. The summed E-state index contributed by atoms with van der Waals surface area (Å²) >= 11 is 0. The van der Waals surface area contributed by atoms with Gasteiger partial charge in [-0.05, 0) is 84.3 Å². The third-order valence-electron chi connectivity index (χ3n) is 7.33. The maximum absolute atomic E-state index is 13.3. The molecule has 218 valence electrons. The molecule has 0 atom stereocenters. The number of rotatable bonds is 11. The maximum Gasteiger partial charge on any atom is 0.355 e. The molecule has 3 aromatic carbocycles. The molecule has 0 bridgehead atoms. The zero-order valence-electron chi connectivity index (χ0n) is 24.0. The van der Waals surface area contributed by atoms with Crippen molar-refractivity contribution in [2.24, 2.45) is 5.73 Å². The highest BCUT2D eigenvalue weighted by Gasteiger charge is 2.21. The Hall–Kier alpha value is -4.25. The number of nitrogens with zero attached hydrogens (tertiary/aromatic N) is 2. The van der Waals surface area contributed by atoms with E-state index in [1.807, 2.05) is 85.1 Å². The number of ether oxygens (including phenoxy) is 1. The number of anilines is 1. The number of benzene rings is 3. The van der Waals surface area contributed by atoms with E-state index in [1.54, 1.807) is 13.1 Å². The van der Waals surface area contributed by atoms with Crippen molar-refractivity contribution < 1.29 is 17.9 Å². The van der Waals surface area contributed by atoms with Crippen LogP contribution in [-0.4, -0.2) is 44.1 Å². The second-order valence-electron chi connectivity index (χ2n) is 10.4. The van der Waals surface area contributed by atoms with Crippen LogP contribution in [0, 0.1) is 13.8 Å². The third-order valence-corrected chi connectivity index (χ3v) is 8.55. The van der Waals surface area contributed by atoms with Crippen LogP contribution in [0.2, 0.25) is 0 Å². The fourth-order valence-corrected chi connectivity index (χ4v) is 6.55. The Balaban J connectivity index is 1.56. The highest BCUT2D eigenvalue weighted by atomic mass is 32.2. The number of aryl methyl sites for hydroxylation is 2. The number of sulfonamides is 1. The summed E-state index contributed by atoms with van der Waals surface area (Å²) in [5, 5.41) is 5.55. The monoisotopic (exact) mass is 585 g/mol. The number of carbonyl (C=O) groups is 1. The molecule has 0 aliphatic heterocycles. The number of nitrogens with two attached hydrogens (primary N) is 1. The van der Waals surface area contributed by atoms with E-state index in [0.29, 0.717) is 29.3 Å². The molecule has 10 heteroatoms. The van der Waals surface area contributed by atoms with Crippen molar-refractivity contribution in [3.8, 4) is 0 Å². The van der Waals surface area contributed by atoms with Gasteiger partial charge in [-0.2, -0.15) is 0 Å². The van der Waals surface area contributed by atoms with E-state index in [2.05, 4.69) is 10.0 Å². The number of likely N-dealkylation sites (N-methyl/N-ethyl adjacent to an activating group) is 1. The standard InChI is InChI=1S/C32H35N5O4S/c1-21-7-6-8-22(2)29(21)20-42(39,40)36-27-15-23-9-4-5-10-28(23)25(16-27)19-37-30(32(38)41-14-13-34-3)17-24-11-12-26(18-33)35-31(24)37/h4-12,15-17,34,36H,13-14,18-20,33H2,1-3H3. The van der Waals surface area contributed by atoms with E-state index >= 15 is 0 Å². The minimum absolute atomic E-state index is 0.135. The summed E-state index contributed by atoms with van der Waals surface area (Å²) in [5.41, 5.74) is 11.4. The number of nitrogens with one attached hydrogen (secondary N) is 2. The van der Waals surface area contributed by atoms with Gasteiger partial charge in [0.1, 0.15) is 17.9 Å². The van der Waals surface area contributed by atoms with Crippen molar-refractivity contribution in [2.45, 2.75) is 32.7 Å². The van der Waals surface area contributed by atoms with Gasteiger partial charge in [-0.15, -0.1) is 0 Å². The van der Waals surface area contributed by atoms with Crippen LogP contribution in [0.4, 0.5) is 5.69 Å². The molecule has 0 spiro atoms. The molecule has 2 heterocycles. The van der Waals surface area contributed by atoms with E-state index in [-0.39, 0.29) is 25.4 Å². The number of carbonyl (C=O) groups excluding carboxylic acids is 1. The summed E-state index contributed by atoms with van der Waals surface area (Å²) in [4.78, 5) is 17.9. The van der Waals surface area contributed by atoms with E-state index in [1.165, 1.54) is 0 Å². The second kappa shape index (κ2) is 12.3. The second-order valence-corrected chi connectivity index (χ2v) is 12.1. The Kier molecular flexibility index (Phi) is 8.58. The highest BCUT2D eigenvalue weighted by molar-refractivity contribution is 7.91. The first-order valence-corrected chi connectivity index (χ1v) is 15.4. The normalized spacial score (nSPS) is 11.7. The quantitative estimate of drug-likeness (QED) is 0.152. The van der Waals surface area contributed by atoms with E-state index in [9.17, 15) is 13.2 Å². The molecular formula is C32H35N5O4S. The molecule has 0 amide bonds. The van der Waals surface area contributed by atoms with Gasteiger partial charge in [0.05, 0.1) is 18.0 Å². The van der Waals surface area contributed by atoms with Crippen LogP contribution in [0.1, 0.15) is 38.4 Å². The van der Waals surface area contributed by atoms with Crippen molar-refractivity contribution in [1.82, 2.24) is 14.9 Å². The molecule has 0 saturated heterocycles. The highest BCUT2D eigenvalue weighted by Crippen LogP contribution is 2.29. The van der Waals surface area contributed by atoms with Crippen LogP contribution in [0.15, 0.2) is 72.8 Å². The van der Waals surface area contributed by atoms with Gasteiger partial charge in [0.2, 0.25) is 10.0 Å². The lowest BCUT2D eigenvalue weighted by Gasteiger charge is -2.16. The van der Waals surface area contributed by atoms with E-state index in [0.717, 1.165) is 38.4 Å². The number of pyridine rings is 1. The van der Waals surface area contributed by atoms with Crippen molar-refractivity contribution in [1.29, 1.82) is 0 Å². The first-order chi connectivity index (χ1) is 20.2. The lowest BCUT2D eigenvalue weighted by molar-refractivity contribution is 0.0499. The van der Waals surface area contributed by atoms with Gasteiger partial charge in [-0.3, -0.25) is 4.72 Å². The summed E-state index contributed by atoms with van der Waals surface area (Å²) in [5.74, 6) is -0.600. The number of aromatic nitrogens is 2. The lowest BCUT2D eigenvalue weighted by atomic mass is 10.0. The molecule has 0 aliphatic carbocycles. The number of hydrogen-bond donors (Lipinski definition) is 3. The summed E-state index contributed by atoms with van der Waals surface area (Å²) in [6.07, 6.45) is 0. The Labute approximate surface area is 245 Å². The first kappa shape index (κ1) is 29.2. The summed E-state index contributed by atoms with van der Waals surface area (Å²) in [6, 6.07) is 22.7. The van der Waals surface area contributed by atoms with Gasteiger partial charge in [0, 0.05) is 24.2 Å². The predicted octanol–water partition coefficient (Wildman–Crippen LogP) is 4.63. The zero-order chi connectivity index (χ0) is 29.9. The molecule has 0 unspecified atom stereocenters. The molecule has 5 aromatic rings. The van der Waals surface area contributed by atoms with Crippen molar-refractivity contribution in [3.05, 3.63) is 106 Å². The molecule has 5 rings (SSSR count). The van der Waals surface area contributed by atoms with Crippen LogP contribution in [0.3, 0.4) is 0 Å². The Morgan fingerprint density at radius 1 is 0.976 bits per heavy atom. The van der Waals surface area contributed by atoms with Crippen LogP contribution in [0.5, 0.6) is 0 Å². The van der Waals surface area contributed by atoms with E-state index < -0.39 is 16.0 Å². The van der Waals surface area contributed by atoms with Crippen molar-refractivity contribution >= 4 is 43.5 Å². The Morgan fingerprint density at radius 2 is 1.74 bits per heavy atom. The summed E-state index contributed by atoms with van der Waals surface area (Å²) in [6.45, 7) is 5.09. The molecule has 0 aliphatic rings. The van der Waals surface area contributed by atoms with Crippen LogP contribution >= 0.6 is 0 Å². The van der Waals surface area contributed by atoms with Gasteiger partial charge in [0.25, 0.3) is 0 Å². The first-order valence-electron chi connectivity index (χ1n) is 13.8. The topological polar surface area (TPSA) is 128 Å². The summed E-state index contributed by atoms with van der Waals surface area (Å²) in [7, 11) is -1.93. The van der Waals surface area contributed by atoms with Gasteiger partial charge in [-0.25, -0.2) is 18.2 Å². The molecule has 9 nitrogen and oxygen atoms in total. The largest absolute Gasteiger partial charge is 0.460 e. The average molecular weight is 586 g/mol. The Morgan fingerprint density at radius 3 is 2.48 bits per heavy atom. The predicted molar refractivity (Wildman–Crippen MR) is 167 cm³/mol. The average Bonchev–Trinajstić information content (AvgIpc) is 3.32. The molecule has 0 radical (unpaired) electrons. The van der Waals surface area contributed by atoms with E-state index in [4.69, 9.17) is 15.5 Å². The van der Waals surface area contributed by atoms with Crippen molar-refractivity contribution in [3.63, 3.8) is 0 Å². The lowest BCUT2D eigenvalue weighted by Crippen LogP contribution is -2.20. The number of hydrogen-bond acceptors (Lipinski definition) is 7. The minimum atomic E-state index is -3.72. The molecular weight excluding hydrogens is 550 g/mol. The van der Waals surface area contributed by atoms with Gasteiger partial charge < -0.3 is 20.4 Å².